The number of thioether (sulfide) groups is 1. The predicted octanol–water partition coefficient (Wildman–Crippen LogP) is 7.16. The minimum Gasteiger partial charge on any atom is -0.490 e. The van der Waals surface area contributed by atoms with Crippen LogP contribution in [-0.2, 0) is 23.7 Å². The molecule has 0 fully saturated rings. The number of nitrogens with one attached hydrogen (secondary N) is 2. The van der Waals surface area contributed by atoms with Crippen molar-refractivity contribution in [3.63, 3.8) is 0 Å². The summed E-state index contributed by atoms with van der Waals surface area (Å²) in [5.74, 6) is -1.06. The Morgan fingerprint density at radius 2 is 1.47 bits per heavy atom. The molecule has 0 unspecified atom stereocenters. The van der Waals surface area contributed by atoms with Gasteiger partial charge in [0.1, 0.15) is 0 Å². The van der Waals surface area contributed by atoms with Crippen LogP contribution in [0.2, 0.25) is 0 Å². The zero-order chi connectivity index (χ0) is 35.8. The average molecular weight is 712 g/mol. The SMILES string of the molecule is CCOc1cc(C(=O)NCc2nnc(SCC(=O)Nc3ccccc3C(F)(F)F)n2-c2cccc(C(F)(F)F)c2)cc(OCC)c1OCC. The Labute approximate surface area is 281 Å². The van der Waals surface area contributed by atoms with Crippen LogP contribution in [0.3, 0.4) is 0 Å². The Balaban J connectivity index is 1.62. The fourth-order valence-electron chi connectivity index (χ4n) is 4.53. The van der Waals surface area contributed by atoms with E-state index in [1.54, 1.807) is 20.8 Å². The van der Waals surface area contributed by atoms with Gasteiger partial charge in [0, 0.05) is 5.56 Å². The summed E-state index contributed by atoms with van der Waals surface area (Å²) in [6.45, 7) is 5.80. The molecule has 0 saturated heterocycles. The van der Waals surface area contributed by atoms with E-state index in [1.807, 2.05) is 0 Å². The van der Waals surface area contributed by atoms with Crippen molar-refractivity contribution in [3.05, 3.63) is 83.2 Å². The summed E-state index contributed by atoms with van der Waals surface area (Å²) in [5, 5.41) is 12.9. The molecule has 17 heteroatoms. The van der Waals surface area contributed by atoms with Crippen LogP contribution in [0.4, 0.5) is 32.0 Å². The van der Waals surface area contributed by atoms with E-state index in [0.717, 1.165) is 36.0 Å². The number of ether oxygens (including phenoxy) is 3. The molecule has 0 bridgehead atoms. The number of rotatable bonds is 14. The van der Waals surface area contributed by atoms with E-state index in [4.69, 9.17) is 14.2 Å². The van der Waals surface area contributed by atoms with Gasteiger partial charge in [0.25, 0.3) is 5.91 Å². The van der Waals surface area contributed by atoms with E-state index in [1.165, 1.54) is 41.0 Å². The van der Waals surface area contributed by atoms with Gasteiger partial charge >= 0.3 is 12.4 Å². The Hall–Kier alpha value is -4.93. The van der Waals surface area contributed by atoms with Crippen LogP contribution in [0.1, 0.15) is 48.1 Å². The smallest absolute Gasteiger partial charge is 0.418 e. The molecule has 0 atom stereocenters. The third kappa shape index (κ3) is 9.37. The highest BCUT2D eigenvalue weighted by Crippen LogP contribution is 2.39. The van der Waals surface area contributed by atoms with Crippen LogP contribution >= 0.6 is 11.8 Å². The van der Waals surface area contributed by atoms with Crippen molar-refractivity contribution < 1.29 is 50.1 Å². The summed E-state index contributed by atoms with van der Waals surface area (Å²) in [6.07, 6.45) is -9.41. The Morgan fingerprint density at radius 3 is 2.08 bits per heavy atom. The first kappa shape index (κ1) is 36.9. The van der Waals surface area contributed by atoms with Crippen LogP contribution in [0.15, 0.2) is 65.8 Å². The van der Waals surface area contributed by atoms with E-state index in [9.17, 15) is 35.9 Å². The molecule has 0 radical (unpaired) electrons. The number of amides is 2. The van der Waals surface area contributed by atoms with Gasteiger partial charge in [-0.2, -0.15) is 26.3 Å². The average Bonchev–Trinajstić information content (AvgIpc) is 3.46. The molecule has 0 aliphatic rings. The number of nitrogens with zero attached hydrogens (tertiary/aromatic N) is 3. The largest absolute Gasteiger partial charge is 0.490 e. The van der Waals surface area contributed by atoms with E-state index in [0.29, 0.717) is 12.4 Å². The molecule has 10 nitrogen and oxygen atoms in total. The summed E-state index contributed by atoms with van der Waals surface area (Å²) in [7, 11) is 0. The lowest BCUT2D eigenvalue weighted by Gasteiger charge is -2.17. The Kier molecular flexibility index (Phi) is 12.0. The molecule has 0 spiro atoms. The number of carbonyl (C=O) groups excluding carboxylic acids is 2. The van der Waals surface area contributed by atoms with Gasteiger partial charge in [-0.3, -0.25) is 14.2 Å². The lowest BCUT2D eigenvalue weighted by Crippen LogP contribution is -2.25. The third-order valence-corrected chi connectivity index (χ3v) is 7.48. The van der Waals surface area contributed by atoms with Crippen molar-refractivity contribution in [3.8, 4) is 22.9 Å². The molecule has 4 aromatic rings. The number of aromatic nitrogens is 3. The second-order valence-electron chi connectivity index (χ2n) is 9.95. The minimum atomic E-state index is -4.72. The molecule has 2 amide bonds. The monoisotopic (exact) mass is 711 g/mol. The number of anilines is 1. The maximum Gasteiger partial charge on any atom is 0.418 e. The van der Waals surface area contributed by atoms with E-state index in [2.05, 4.69) is 20.8 Å². The quantitative estimate of drug-likeness (QED) is 0.105. The molecular weight excluding hydrogens is 680 g/mol. The number of benzene rings is 3. The minimum absolute atomic E-state index is 0.000926. The van der Waals surface area contributed by atoms with E-state index < -0.39 is 46.7 Å². The van der Waals surface area contributed by atoms with E-state index in [-0.39, 0.29) is 53.5 Å². The second kappa shape index (κ2) is 16.0. The highest BCUT2D eigenvalue weighted by molar-refractivity contribution is 7.99. The Bertz CT molecular complexity index is 1750. The number of carbonyl (C=O) groups is 2. The molecule has 4 rings (SSSR count). The van der Waals surface area contributed by atoms with Gasteiger partial charge in [0.05, 0.1) is 54.6 Å². The number of halogens is 6. The van der Waals surface area contributed by atoms with Gasteiger partial charge < -0.3 is 24.8 Å². The highest BCUT2D eigenvalue weighted by atomic mass is 32.2. The van der Waals surface area contributed by atoms with Crippen LogP contribution in [-0.4, -0.2) is 52.2 Å². The van der Waals surface area contributed by atoms with Crippen molar-refractivity contribution in [1.82, 2.24) is 20.1 Å². The van der Waals surface area contributed by atoms with Crippen molar-refractivity contribution >= 4 is 29.3 Å². The lowest BCUT2D eigenvalue weighted by molar-refractivity contribution is -0.138. The molecule has 1 heterocycles. The summed E-state index contributed by atoms with van der Waals surface area (Å²) < 4.78 is 99.2. The molecule has 3 aromatic carbocycles. The van der Waals surface area contributed by atoms with Crippen molar-refractivity contribution in [1.29, 1.82) is 0 Å². The van der Waals surface area contributed by atoms with Crippen LogP contribution < -0.4 is 24.8 Å². The lowest BCUT2D eigenvalue weighted by atomic mass is 10.1. The van der Waals surface area contributed by atoms with Crippen LogP contribution in [0.25, 0.3) is 5.69 Å². The number of hydrogen-bond acceptors (Lipinski definition) is 8. The zero-order valence-electron chi connectivity index (χ0n) is 26.4. The molecule has 2 N–H and O–H groups in total. The predicted molar refractivity (Wildman–Crippen MR) is 168 cm³/mol. The first-order chi connectivity index (χ1) is 23.3. The normalized spacial score (nSPS) is 11.6. The number of hydrogen-bond donors (Lipinski definition) is 2. The van der Waals surface area contributed by atoms with Gasteiger partial charge in [-0.25, -0.2) is 0 Å². The summed E-state index contributed by atoms with van der Waals surface area (Å²) in [5.41, 5.74) is -2.39. The summed E-state index contributed by atoms with van der Waals surface area (Å²) in [6, 6.07) is 11.6. The molecule has 0 aliphatic heterocycles. The maximum atomic E-state index is 13.6. The van der Waals surface area contributed by atoms with Gasteiger partial charge in [-0.05, 0) is 63.2 Å². The van der Waals surface area contributed by atoms with Crippen LogP contribution in [0.5, 0.6) is 17.2 Å². The molecule has 262 valence electrons. The molecular formula is C32H31F6N5O5S. The summed E-state index contributed by atoms with van der Waals surface area (Å²) >= 11 is 0.724. The third-order valence-electron chi connectivity index (χ3n) is 6.55. The van der Waals surface area contributed by atoms with Crippen molar-refractivity contribution in [2.75, 3.05) is 30.9 Å². The zero-order valence-corrected chi connectivity index (χ0v) is 27.2. The van der Waals surface area contributed by atoms with Gasteiger partial charge in [0.2, 0.25) is 11.7 Å². The van der Waals surface area contributed by atoms with Crippen molar-refractivity contribution in [2.24, 2.45) is 0 Å². The van der Waals surface area contributed by atoms with Crippen molar-refractivity contribution in [2.45, 2.75) is 44.8 Å². The highest BCUT2D eigenvalue weighted by Gasteiger charge is 2.34. The molecule has 0 saturated carbocycles. The maximum absolute atomic E-state index is 13.6. The van der Waals surface area contributed by atoms with Gasteiger partial charge in [0.15, 0.2) is 22.5 Å². The fraction of sp³-hybridized carbons (Fsp3) is 0.312. The van der Waals surface area contributed by atoms with Gasteiger partial charge in [-0.1, -0.05) is 30.0 Å². The molecule has 0 aliphatic carbocycles. The van der Waals surface area contributed by atoms with E-state index >= 15 is 0 Å². The fourth-order valence-corrected chi connectivity index (χ4v) is 5.30. The second-order valence-corrected chi connectivity index (χ2v) is 10.9. The topological polar surface area (TPSA) is 117 Å². The standard InChI is InChI=1S/C32H31F6N5O5S/c1-4-46-24-14-19(15-25(47-5-2)28(24)48-6-3)29(45)39-17-26-41-42-30(43(26)21-11-9-10-20(16-21)31(33,34)35)49-18-27(44)40-23-13-8-7-12-22(23)32(36,37)38/h7-16H,4-6,17-18H2,1-3H3,(H,39,45)(H,40,44). The first-order valence-corrected chi connectivity index (χ1v) is 15.8. The number of para-hydroxylation sites is 1. The summed E-state index contributed by atoms with van der Waals surface area (Å²) in [4.78, 5) is 26.0. The molecule has 1 aromatic heterocycles. The first-order valence-electron chi connectivity index (χ1n) is 14.8. The van der Waals surface area contributed by atoms with Gasteiger partial charge in [-0.15, -0.1) is 10.2 Å². The Morgan fingerprint density at radius 1 is 0.816 bits per heavy atom. The molecule has 49 heavy (non-hydrogen) atoms. The number of alkyl halides is 6. The van der Waals surface area contributed by atoms with Crippen LogP contribution in [0, 0.1) is 0 Å².